The quantitative estimate of drug-likeness (QED) is 0.341. The highest BCUT2D eigenvalue weighted by Crippen LogP contribution is 2.33. The summed E-state index contributed by atoms with van der Waals surface area (Å²) >= 11 is 0. The maximum atomic E-state index is 5.80. The first kappa shape index (κ1) is 21.4. The lowest BCUT2D eigenvalue weighted by Gasteiger charge is -2.16. The first-order valence-corrected chi connectivity index (χ1v) is 13.1. The van der Waals surface area contributed by atoms with Gasteiger partial charge in [-0.3, -0.25) is 0 Å². The molecule has 1 fully saturated rings. The minimum atomic E-state index is -0.0660. The Labute approximate surface area is 181 Å². The molecule has 4 nitrogen and oxygen atoms in total. The zero-order valence-electron chi connectivity index (χ0n) is 18.3. The zero-order chi connectivity index (χ0) is 20.9. The van der Waals surface area contributed by atoms with Crippen molar-refractivity contribution in [1.82, 2.24) is 4.98 Å². The largest absolute Gasteiger partial charge is 0.382 e. The van der Waals surface area contributed by atoms with E-state index < -0.39 is 0 Å². The molecule has 0 spiro atoms. The summed E-state index contributed by atoms with van der Waals surface area (Å²) < 4.78 is 10.9. The minimum absolute atomic E-state index is 0.0660. The first-order valence-electron chi connectivity index (χ1n) is 10.9. The predicted octanol–water partition coefficient (Wildman–Crippen LogP) is 5.72. The number of H-pyrrole nitrogens is 1. The van der Waals surface area contributed by atoms with E-state index in [1.165, 1.54) is 64.4 Å². The van der Waals surface area contributed by atoms with Gasteiger partial charge in [-0.1, -0.05) is 45.0 Å². The summed E-state index contributed by atoms with van der Waals surface area (Å²) in [5.74, 6) is 0. The van der Waals surface area contributed by atoms with E-state index in [4.69, 9.17) is 9.47 Å². The molecule has 30 heavy (non-hydrogen) atoms. The van der Waals surface area contributed by atoms with E-state index in [0.717, 1.165) is 0 Å². The number of fused-ring (bicyclic) bond motifs is 1. The molecule has 160 valence electrons. The van der Waals surface area contributed by atoms with Crippen LogP contribution in [0.3, 0.4) is 0 Å². The predicted molar refractivity (Wildman–Crippen MR) is 130 cm³/mol. The van der Waals surface area contributed by atoms with Crippen LogP contribution in [0.15, 0.2) is 42.5 Å². The average molecular weight is 425 g/mol. The number of benzene rings is 2. The molecule has 1 aliphatic rings. The lowest BCUT2D eigenvalue weighted by Crippen LogP contribution is -2.15. The van der Waals surface area contributed by atoms with Crippen LogP contribution < -0.4 is 10.6 Å². The molecular weight excluding hydrogens is 391 g/mol. The normalized spacial score (nSPS) is 14.8. The lowest BCUT2D eigenvalue weighted by atomic mass is 10.1. The topological polar surface area (TPSA) is 46.3 Å². The standard InChI is InChI=1S/C25H33N2O2P/c1-28-12-13-29-17-18-14-20-16-23(19-8-10-22(11-9-19)30(2)3)27-25(20)24(15-18)26-21-6-4-5-7-21/h8-11,14-16,21,26-27H,4-7,12-13,17H2,1-3H3. The molecule has 0 atom stereocenters. The molecule has 0 saturated heterocycles. The second kappa shape index (κ2) is 9.96. The third-order valence-electron chi connectivity index (χ3n) is 5.90. The number of hydrogen-bond donors (Lipinski definition) is 2. The summed E-state index contributed by atoms with van der Waals surface area (Å²) in [5, 5.41) is 6.47. The molecule has 3 aromatic rings. The summed E-state index contributed by atoms with van der Waals surface area (Å²) in [6, 6.07) is 16.3. The first-order chi connectivity index (χ1) is 14.6. The number of hydrogen-bond acceptors (Lipinski definition) is 3. The second-order valence-electron chi connectivity index (χ2n) is 8.40. The van der Waals surface area contributed by atoms with Gasteiger partial charge in [0.15, 0.2) is 0 Å². The molecule has 1 heterocycles. The lowest BCUT2D eigenvalue weighted by molar-refractivity contribution is 0.0617. The Bertz CT molecular complexity index is 959. The Kier molecular flexibility index (Phi) is 7.09. The second-order valence-corrected chi connectivity index (χ2v) is 10.7. The molecule has 2 N–H and O–H groups in total. The summed E-state index contributed by atoms with van der Waals surface area (Å²) in [6.07, 6.45) is 5.14. The van der Waals surface area contributed by atoms with Crippen molar-refractivity contribution in [2.45, 2.75) is 38.3 Å². The van der Waals surface area contributed by atoms with Gasteiger partial charge in [-0.25, -0.2) is 0 Å². The Hall–Kier alpha value is -1.87. The molecule has 1 aromatic heterocycles. The number of aromatic nitrogens is 1. The maximum Gasteiger partial charge on any atom is 0.0719 e. The van der Waals surface area contributed by atoms with E-state index in [2.05, 4.69) is 66.1 Å². The van der Waals surface area contributed by atoms with Crippen molar-refractivity contribution in [2.24, 2.45) is 0 Å². The van der Waals surface area contributed by atoms with E-state index in [1.807, 2.05) is 0 Å². The van der Waals surface area contributed by atoms with Crippen LogP contribution >= 0.6 is 7.92 Å². The van der Waals surface area contributed by atoms with Gasteiger partial charge in [0.25, 0.3) is 0 Å². The average Bonchev–Trinajstić information content (AvgIpc) is 3.41. The van der Waals surface area contributed by atoms with Crippen LogP contribution in [-0.4, -0.2) is 44.7 Å². The van der Waals surface area contributed by atoms with Crippen LogP contribution in [0.2, 0.25) is 0 Å². The number of methoxy groups -OCH3 is 1. The number of rotatable bonds is 9. The van der Waals surface area contributed by atoms with Crippen LogP contribution in [0.25, 0.3) is 22.2 Å². The Morgan fingerprint density at radius 2 is 1.80 bits per heavy atom. The van der Waals surface area contributed by atoms with Crippen molar-refractivity contribution in [3.8, 4) is 11.3 Å². The molecule has 0 radical (unpaired) electrons. The molecule has 0 aliphatic heterocycles. The highest BCUT2D eigenvalue weighted by molar-refractivity contribution is 7.64. The molecule has 0 unspecified atom stereocenters. The van der Waals surface area contributed by atoms with Crippen molar-refractivity contribution < 1.29 is 9.47 Å². The third-order valence-corrected chi connectivity index (χ3v) is 7.23. The van der Waals surface area contributed by atoms with E-state index in [1.54, 1.807) is 7.11 Å². The van der Waals surface area contributed by atoms with Gasteiger partial charge in [-0.2, -0.15) is 0 Å². The molecule has 1 aliphatic carbocycles. The molecule has 2 aromatic carbocycles. The van der Waals surface area contributed by atoms with Crippen molar-refractivity contribution in [3.63, 3.8) is 0 Å². The van der Waals surface area contributed by atoms with Crippen LogP contribution in [0.1, 0.15) is 31.2 Å². The number of ether oxygens (including phenoxy) is 2. The minimum Gasteiger partial charge on any atom is -0.382 e. The van der Waals surface area contributed by atoms with E-state index >= 15 is 0 Å². The molecule has 0 bridgehead atoms. The fraction of sp³-hybridized carbons (Fsp3) is 0.440. The van der Waals surface area contributed by atoms with Crippen LogP contribution in [0.5, 0.6) is 0 Å². The van der Waals surface area contributed by atoms with Crippen LogP contribution in [0.4, 0.5) is 5.69 Å². The summed E-state index contributed by atoms with van der Waals surface area (Å²) in [6.45, 7) is 6.43. The van der Waals surface area contributed by atoms with Gasteiger partial charge in [0.1, 0.15) is 0 Å². The third kappa shape index (κ3) is 5.06. The van der Waals surface area contributed by atoms with E-state index in [9.17, 15) is 0 Å². The molecule has 0 amide bonds. The smallest absolute Gasteiger partial charge is 0.0719 e. The number of nitrogens with one attached hydrogen (secondary N) is 2. The molecule has 5 heteroatoms. The van der Waals surface area contributed by atoms with E-state index in [0.29, 0.717) is 25.9 Å². The summed E-state index contributed by atoms with van der Waals surface area (Å²) in [5.41, 5.74) is 5.98. The number of anilines is 1. The van der Waals surface area contributed by atoms with Gasteiger partial charge in [0, 0.05) is 24.2 Å². The Balaban J connectivity index is 1.64. The fourth-order valence-corrected chi connectivity index (χ4v) is 4.97. The van der Waals surface area contributed by atoms with Crippen molar-refractivity contribution in [1.29, 1.82) is 0 Å². The van der Waals surface area contributed by atoms with Crippen molar-refractivity contribution in [2.75, 3.05) is 39.0 Å². The fourth-order valence-electron chi connectivity index (χ4n) is 4.22. The van der Waals surface area contributed by atoms with Crippen LogP contribution in [-0.2, 0) is 16.1 Å². The van der Waals surface area contributed by atoms with Gasteiger partial charge in [-0.05, 0) is 60.8 Å². The zero-order valence-corrected chi connectivity index (χ0v) is 19.2. The molecule has 1 saturated carbocycles. The summed E-state index contributed by atoms with van der Waals surface area (Å²) in [7, 11) is 1.64. The van der Waals surface area contributed by atoms with Crippen molar-refractivity contribution in [3.05, 3.63) is 48.0 Å². The van der Waals surface area contributed by atoms with Gasteiger partial charge < -0.3 is 19.8 Å². The van der Waals surface area contributed by atoms with Gasteiger partial charge in [0.05, 0.1) is 31.0 Å². The van der Waals surface area contributed by atoms with Crippen LogP contribution in [0, 0.1) is 0 Å². The summed E-state index contributed by atoms with van der Waals surface area (Å²) in [4.78, 5) is 3.69. The van der Waals surface area contributed by atoms with Crippen molar-refractivity contribution >= 4 is 29.8 Å². The van der Waals surface area contributed by atoms with E-state index in [-0.39, 0.29) is 7.92 Å². The molecular formula is C25H33N2O2P. The maximum absolute atomic E-state index is 5.80. The Morgan fingerprint density at radius 1 is 1.03 bits per heavy atom. The number of aromatic amines is 1. The highest BCUT2D eigenvalue weighted by Gasteiger charge is 2.17. The van der Waals surface area contributed by atoms with Gasteiger partial charge in [-0.15, -0.1) is 0 Å². The van der Waals surface area contributed by atoms with Gasteiger partial charge >= 0.3 is 0 Å². The highest BCUT2D eigenvalue weighted by atomic mass is 31.1. The van der Waals surface area contributed by atoms with Gasteiger partial charge in [0.2, 0.25) is 0 Å². The Morgan fingerprint density at radius 3 is 2.50 bits per heavy atom. The monoisotopic (exact) mass is 424 g/mol. The SMILES string of the molecule is COCCOCc1cc(NC2CCCC2)c2[nH]c(-c3ccc(P(C)C)cc3)cc2c1. The molecule has 4 rings (SSSR count).